The zero-order valence-electron chi connectivity index (χ0n) is 33.0. The molecule has 318 valence electrons. The number of halogens is 5. The summed E-state index contributed by atoms with van der Waals surface area (Å²) in [5.41, 5.74) is 32.3. The molecule has 0 fully saturated rings. The fourth-order valence-corrected chi connectivity index (χ4v) is 6.91. The Morgan fingerprint density at radius 2 is 1.03 bits per heavy atom. The fraction of sp³-hybridized carbons (Fsp3) is 0. The number of aromatic nitrogens is 4. The zero-order valence-corrected chi connectivity index (χ0v) is 36.8. The van der Waals surface area contributed by atoms with Gasteiger partial charge in [0.05, 0.1) is 39.0 Å². The average molecular weight is 938 g/mol. The minimum atomic E-state index is -0.952. The molecule has 0 unspecified atom stereocenters. The number of carboxylic acids is 1. The van der Waals surface area contributed by atoms with Crippen LogP contribution in [0.5, 0.6) is 0 Å². The smallest absolute Gasteiger partial charge is 0.335 e. The van der Waals surface area contributed by atoms with Crippen LogP contribution in [0.3, 0.4) is 0 Å². The number of aromatic amines is 2. The van der Waals surface area contributed by atoms with Crippen LogP contribution in [0.25, 0.3) is 50.5 Å². The number of carboxylic acid groups (broad SMARTS) is 1. The molecular formula is C47H38Cl5N9O2. The quantitative estimate of drug-likeness (QED) is 0.0744. The van der Waals surface area contributed by atoms with Crippen LogP contribution in [-0.4, -0.2) is 31.0 Å². The normalized spacial score (nSPS) is 10.4. The van der Waals surface area contributed by atoms with Gasteiger partial charge in [0.1, 0.15) is 11.6 Å². The summed E-state index contributed by atoms with van der Waals surface area (Å²) in [6.07, 6.45) is 0. The van der Waals surface area contributed by atoms with Crippen molar-refractivity contribution in [1.82, 2.24) is 19.9 Å². The molecule has 11 nitrogen and oxygen atoms in total. The molecule has 12 N–H and O–H groups in total. The van der Waals surface area contributed by atoms with Gasteiger partial charge in [-0.2, -0.15) is 0 Å². The van der Waals surface area contributed by atoms with Gasteiger partial charge in [-0.05, 0) is 115 Å². The van der Waals surface area contributed by atoms with Gasteiger partial charge in [0.2, 0.25) is 0 Å². The lowest BCUT2D eigenvalue weighted by molar-refractivity contribution is 0.0697. The number of rotatable bonds is 6. The number of nitrogens with two attached hydrogens (primary N) is 4. The Morgan fingerprint density at radius 3 is 1.54 bits per heavy atom. The maximum absolute atomic E-state index is 10.3. The molecule has 2 aromatic heterocycles. The monoisotopic (exact) mass is 935 g/mol. The second-order valence-electron chi connectivity index (χ2n) is 13.7. The number of carbonyl (C=O) groups is 1. The van der Waals surface area contributed by atoms with Crippen molar-refractivity contribution in [2.24, 2.45) is 0 Å². The summed E-state index contributed by atoms with van der Waals surface area (Å²) in [6, 6.07) is 43.2. The van der Waals surface area contributed by atoms with Crippen molar-refractivity contribution in [3.05, 3.63) is 188 Å². The van der Waals surface area contributed by atoms with Gasteiger partial charge in [-0.15, -0.1) is 0 Å². The van der Waals surface area contributed by atoms with Gasteiger partial charge in [-0.3, -0.25) is 0 Å². The number of aromatic carboxylic acids is 1. The van der Waals surface area contributed by atoms with Crippen LogP contribution in [0, 0.1) is 0 Å². The van der Waals surface area contributed by atoms with Gasteiger partial charge in [0, 0.05) is 64.6 Å². The highest BCUT2D eigenvalue weighted by molar-refractivity contribution is 6.35. The fourth-order valence-electron chi connectivity index (χ4n) is 5.86. The number of benzene rings is 7. The highest BCUT2D eigenvalue weighted by Crippen LogP contribution is 2.29. The van der Waals surface area contributed by atoms with E-state index in [2.05, 4.69) is 31.8 Å². The van der Waals surface area contributed by atoms with Crippen molar-refractivity contribution >= 4 is 120 Å². The van der Waals surface area contributed by atoms with Crippen molar-refractivity contribution in [2.75, 3.05) is 28.3 Å². The van der Waals surface area contributed by atoms with E-state index >= 15 is 0 Å². The summed E-state index contributed by atoms with van der Waals surface area (Å²) >= 11 is 29.7. The van der Waals surface area contributed by atoms with E-state index in [0.717, 1.165) is 61.8 Å². The molecular weight excluding hydrogens is 900 g/mol. The number of hydrogen-bond donors (Lipinski definition) is 8. The van der Waals surface area contributed by atoms with Gasteiger partial charge in [-0.1, -0.05) is 94.9 Å². The number of imidazole rings is 2. The van der Waals surface area contributed by atoms with Crippen molar-refractivity contribution in [3.8, 4) is 22.8 Å². The molecule has 0 aliphatic carbocycles. The largest absolute Gasteiger partial charge is 0.478 e. The van der Waals surface area contributed by atoms with Crippen molar-refractivity contribution in [1.29, 1.82) is 0 Å². The summed E-state index contributed by atoms with van der Waals surface area (Å²) < 4.78 is 0. The number of nitrogen functional groups attached to an aromatic ring is 4. The topological polar surface area (TPSA) is 211 Å². The SMILES string of the molecule is C=C(Nc1cccc(-c2nc3ccc(Cl)cc3[nH]2)c1)c1cc(Cl)cc(Cl)c1.Nc1ccc(Cl)cc1N.Nc1cccc(-c2nc3ccc(Cl)cc3[nH]2)c1.Nc1cccc(C(=O)O)c1. The minimum absolute atomic E-state index is 0.222. The van der Waals surface area contributed by atoms with Crippen LogP contribution >= 0.6 is 58.0 Å². The van der Waals surface area contributed by atoms with Gasteiger partial charge in [0.25, 0.3) is 0 Å². The first-order valence-corrected chi connectivity index (χ1v) is 20.6. The molecule has 0 spiro atoms. The maximum atomic E-state index is 10.3. The molecule has 0 radical (unpaired) electrons. The third-order valence-corrected chi connectivity index (χ3v) is 10.0. The van der Waals surface area contributed by atoms with Gasteiger partial charge >= 0.3 is 5.97 Å². The molecule has 0 aliphatic heterocycles. The molecule has 0 aliphatic rings. The van der Waals surface area contributed by atoms with Crippen LogP contribution in [0.2, 0.25) is 25.1 Å². The summed E-state index contributed by atoms with van der Waals surface area (Å²) in [4.78, 5) is 25.9. The van der Waals surface area contributed by atoms with Gasteiger partial charge in [-0.25, -0.2) is 14.8 Å². The van der Waals surface area contributed by atoms with E-state index in [4.69, 9.17) is 86.0 Å². The van der Waals surface area contributed by atoms with E-state index in [1.165, 1.54) is 12.1 Å². The molecule has 0 saturated carbocycles. The van der Waals surface area contributed by atoms with E-state index in [9.17, 15) is 4.79 Å². The predicted molar refractivity (Wildman–Crippen MR) is 265 cm³/mol. The number of H-pyrrole nitrogens is 2. The Bertz CT molecular complexity index is 3060. The highest BCUT2D eigenvalue weighted by atomic mass is 35.5. The Balaban J connectivity index is 0.000000156. The van der Waals surface area contributed by atoms with Crippen LogP contribution in [0.4, 0.5) is 28.4 Å². The lowest BCUT2D eigenvalue weighted by Crippen LogP contribution is -1.97. The first kappa shape index (κ1) is 45.7. The number of nitrogens with zero attached hydrogens (tertiary/aromatic N) is 2. The second-order valence-corrected chi connectivity index (χ2v) is 15.8. The van der Waals surface area contributed by atoms with E-state index in [0.29, 0.717) is 47.9 Å². The third kappa shape index (κ3) is 12.8. The summed E-state index contributed by atoms with van der Waals surface area (Å²) in [5, 5.41) is 14.9. The van der Waals surface area contributed by atoms with Gasteiger partial charge < -0.3 is 43.3 Å². The Morgan fingerprint density at radius 1 is 0.524 bits per heavy atom. The van der Waals surface area contributed by atoms with Crippen molar-refractivity contribution < 1.29 is 9.90 Å². The average Bonchev–Trinajstić information content (AvgIpc) is 3.87. The molecule has 16 heteroatoms. The summed E-state index contributed by atoms with van der Waals surface area (Å²) in [6.45, 7) is 4.08. The standard InChI is InChI=1S/C21H14Cl3N3.C13H10ClN3.C7H7NO2.C6H7ClN2/c1-12(14-7-16(23)10-17(24)8-14)25-18-4-2-3-13(9-18)21-26-19-6-5-15(22)11-20(19)27-21;14-9-4-5-11-12(7-9)17-13(16-11)8-2-1-3-10(15)6-8;8-6-3-1-2-5(4-6)7(9)10;7-4-1-2-5(8)6(9)3-4/h2-11,25H,1H2,(H,26,27);1-7H,15H2,(H,16,17);1-4H,8H2,(H,9,10);1-3H,8-9H2. The van der Waals surface area contributed by atoms with Crippen LogP contribution in [0.15, 0.2) is 152 Å². The lowest BCUT2D eigenvalue weighted by atomic mass is 10.1. The highest BCUT2D eigenvalue weighted by Gasteiger charge is 2.09. The number of anilines is 5. The van der Waals surface area contributed by atoms with E-state index in [1.807, 2.05) is 97.1 Å². The third-order valence-electron chi connectivity index (χ3n) is 8.87. The minimum Gasteiger partial charge on any atom is -0.478 e. The molecule has 0 bridgehead atoms. The van der Waals surface area contributed by atoms with Crippen molar-refractivity contribution in [3.63, 3.8) is 0 Å². The maximum Gasteiger partial charge on any atom is 0.335 e. The van der Waals surface area contributed by atoms with E-state index < -0.39 is 5.97 Å². The molecule has 0 saturated heterocycles. The molecule has 9 aromatic rings. The number of fused-ring (bicyclic) bond motifs is 2. The molecule has 7 aromatic carbocycles. The van der Waals surface area contributed by atoms with Crippen LogP contribution in [0.1, 0.15) is 15.9 Å². The molecule has 0 amide bonds. The van der Waals surface area contributed by atoms with Crippen LogP contribution < -0.4 is 28.3 Å². The Kier molecular flexibility index (Phi) is 15.1. The molecule has 2 heterocycles. The summed E-state index contributed by atoms with van der Waals surface area (Å²) in [5.74, 6) is 0.620. The summed E-state index contributed by atoms with van der Waals surface area (Å²) in [7, 11) is 0. The number of nitrogens with one attached hydrogen (secondary N) is 3. The van der Waals surface area contributed by atoms with Crippen molar-refractivity contribution in [2.45, 2.75) is 0 Å². The zero-order chi connectivity index (χ0) is 45.2. The molecule has 9 rings (SSSR count). The Labute approximate surface area is 387 Å². The number of hydrogen-bond acceptors (Lipinski definition) is 8. The Hall–Kier alpha value is -6.86. The predicted octanol–water partition coefficient (Wildman–Crippen LogP) is 13.2. The van der Waals surface area contributed by atoms with Crippen LogP contribution in [-0.2, 0) is 0 Å². The molecule has 63 heavy (non-hydrogen) atoms. The first-order chi connectivity index (χ1) is 30.1. The molecule has 0 atom stereocenters. The van der Waals surface area contributed by atoms with E-state index in [1.54, 1.807) is 36.4 Å². The van der Waals surface area contributed by atoms with Gasteiger partial charge in [0.15, 0.2) is 0 Å². The lowest BCUT2D eigenvalue weighted by Gasteiger charge is -2.11. The van der Waals surface area contributed by atoms with E-state index in [-0.39, 0.29) is 5.56 Å². The second kappa shape index (κ2) is 20.8. The first-order valence-electron chi connectivity index (χ1n) is 18.7.